The minimum Gasteiger partial charge on any atom is -0.497 e. The molecule has 2 heterocycles. The lowest BCUT2D eigenvalue weighted by Crippen LogP contribution is -2.29. The predicted octanol–water partition coefficient (Wildman–Crippen LogP) is 3.37. The molecule has 1 saturated heterocycles. The van der Waals surface area contributed by atoms with Crippen LogP contribution in [0.4, 0.5) is 5.69 Å². The molecule has 0 bridgehead atoms. The first-order valence-electron chi connectivity index (χ1n) is 8.38. The molecule has 0 aliphatic carbocycles. The third kappa shape index (κ3) is 4.45. The summed E-state index contributed by atoms with van der Waals surface area (Å²) in [4.78, 5) is 6.86. The number of piperidine rings is 1. The summed E-state index contributed by atoms with van der Waals surface area (Å²) in [6.07, 6.45) is 7.87. The van der Waals surface area contributed by atoms with Gasteiger partial charge in [0.15, 0.2) is 0 Å². The van der Waals surface area contributed by atoms with E-state index in [9.17, 15) is 0 Å². The predicted molar refractivity (Wildman–Crippen MR) is 93.8 cm³/mol. The SMILES string of the molecule is COc1ccc(CNCc2cncc(N3CCCCC3)c2)cc1. The smallest absolute Gasteiger partial charge is 0.118 e. The highest BCUT2D eigenvalue weighted by molar-refractivity contribution is 5.46. The van der Waals surface area contributed by atoms with Crippen molar-refractivity contribution in [3.05, 3.63) is 53.9 Å². The van der Waals surface area contributed by atoms with Crippen LogP contribution in [-0.2, 0) is 13.1 Å². The molecule has 4 heteroatoms. The van der Waals surface area contributed by atoms with Crippen LogP contribution in [0.2, 0.25) is 0 Å². The van der Waals surface area contributed by atoms with Crippen LogP contribution in [0.3, 0.4) is 0 Å². The summed E-state index contributed by atoms with van der Waals surface area (Å²) in [6, 6.07) is 10.4. The molecule has 0 atom stereocenters. The summed E-state index contributed by atoms with van der Waals surface area (Å²) < 4.78 is 5.18. The first-order valence-corrected chi connectivity index (χ1v) is 8.38. The van der Waals surface area contributed by atoms with Crippen molar-refractivity contribution in [2.75, 3.05) is 25.1 Å². The molecule has 0 unspecified atom stereocenters. The van der Waals surface area contributed by atoms with Crippen molar-refractivity contribution in [3.8, 4) is 5.75 Å². The molecule has 1 aliphatic rings. The molecule has 3 rings (SSSR count). The fraction of sp³-hybridized carbons (Fsp3) is 0.421. The van der Waals surface area contributed by atoms with Gasteiger partial charge in [-0.25, -0.2) is 0 Å². The summed E-state index contributed by atoms with van der Waals surface area (Å²) in [7, 11) is 1.69. The number of pyridine rings is 1. The zero-order valence-electron chi connectivity index (χ0n) is 13.8. The van der Waals surface area contributed by atoms with E-state index in [4.69, 9.17) is 4.74 Å². The number of benzene rings is 1. The van der Waals surface area contributed by atoms with Crippen molar-refractivity contribution < 1.29 is 4.74 Å². The van der Waals surface area contributed by atoms with E-state index in [1.807, 2.05) is 24.5 Å². The Kier molecular flexibility index (Phi) is 5.48. The van der Waals surface area contributed by atoms with Gasteiger partial charge in [0.2, 0.25) is 0 Å². The largest absolute Gasteiger partial charge is 0.497 e. The van der Waals surface area contributed by atoms with Gasteiger partial charge in [0.05, 0.1) is 19.0 Å². The highest BCUT2D eigenvalue weighted by Gasteiger charge is 2.11. The van der Waals surface area contributed by atoms with Gasteiger partial charge in [0.1, 0.15) is 5.75 Å². The third-order valence-electron chi connectivity index (χ3n) is 4.32. The molecule has 1 aromatic heterocycles. The monoisotopic (exact) mass is 311 g/mol. The van der Waals surface area contributed by atoms with Crippen LogP contribution in [0.25, 0.3) is 0 Å². The molecule has 23 heavy (non-hydrogen) atoms. The molecule has 2 aromatic rings. The zero-order chi connectivity index (χ0) is 15.9. The topological polar surface area (TPSA) is 37.4 Å². The Morgan fingerprint density at radius 2 is 1.74 bits per heavy atom. The van der Waals surface area contributed by atoms with Gasteiger partial charge >= 0.3 is 0 Å². The summed E-state index contributed by atoms with van der Waals surface area (Å²) in [5, 5.41) is 3.49. The molecular formula is C19H25N3O. The molecule has 4 nitrogen and oxygen atoms in total. The van der Waals surface area contributed by atoms with Crippen LogP contribution < -0.4 is 15.0 Å². The lowest BCUT2D eigenvalue weighted by Gasteiger charge is -2.28. The zero-order valence-corrected chi connectivity index (χ0v) is 13.8. The van der Waals surface area contributed by atoms with E-state index in [0.717, 1.165) is 31.9 Å². The highest BCUT2D eigenvalue weighted by Crippen LogP contribution is 2.19. The van der Waals surface area contributed by atoms with Crippen molar-refractivity contribution >= 4 is 5.69 Å². The summed E-state index contributed by atoms with van der Waals surface area (Å²) >= 11 is 0. The van der Waals surface area contributed by atoms with Gasteiger partial charge in [0.25, 0.3) is 0 Å². The number of nitrogens with zero attached hydrogens (tertiary/aromatic N) is 2. The first kappa shape index (κ1) is 15.8. The van der Waals surface area contributed by atoms with Gasteiger partial charge in [0, 0.05) is 32.4 Å². The van der Waals surface area contributed by atoms with E-state index >= 15 is 0 Å². The molecule has 1 fully saturated rings. The van der Waals surface area contributed by atoms with Crippen LogP contribution in [-0.4, -0.2) is 25.2 Å². The Balaban J connectivity index is 1.53. The van der Waals surface area contributed by atoms with Gasteiger partial charge in [-0.1, -0.05) is 12.1 Å². The average Bonchev–Trinajstić information content (AvgIpc) is 2.63. The summed E-state index contributed by atoms with van der Waals surface area (Å²) in [6.45, 7) is 3.99. The van der Waals surface area contributed by atoms with E-state index < -0.39 is 0 Å². The molecule has 0 saturated carbocycles. The number of hydrogen-bond acceptors (Lipinski definition) is 4. The van der Waals surface area contributed by atoms with E-state index in [1.165, 1.54) is 36.1 Å². The van der Waals surface area contributed by atoms with Crippen molar-refractivity contribution in [2.24, 2.45) is 0 Å². The molecular weight excluding hydrogens is 286 g/mol. The first-order chi connectivity index (χ1) is 11.3. The van der Waals surface area contributed by atoms with Gasteiger partial charge in [-0.2, -0.15) is 0 Å². The number of ether oxygens (including phenoxy) is 1. The second kappa shape index (κ2) is 7.97. The van der Waals surface area contributed by atoms with Crippen LogP contribution in [0.1, 0.15) is 30.4 Å². The maximum atomic E-state index is 5.18. The highest BCUT2D eigenvalue weighted by atomic mass is 16.5. The minimum absolute atomic E-state index is 0.834. The molecule has 1 aliphatic heterocycles. The fourth-order valence-electron chi connectivity index (χ4n) is 2.99. The van der Waals surface area contributed by atoms with Gasteiger partial charge in [-0.15, -0.1) is 0 Å². The van der Waals surface area contributed by atoms with Crippen LogP contribution in [0.5, 0.6) is 5.75 Å². The molecule has 0 radical (unpaired) electrons. The molecule has 0 amide bonds. The molecule has 122 valence electrons. The number of methoxy groups -OCH3 is 1. The maximum absolute atomic E-state index is 5.18. The summed E-state index contributed by atoms with van der Waals surface area (Å²) in [5.41, 5.74) is 3.75. The number of rotatable bonds is 6. The van der Waals surface area contributed by atoms with Crippen molar-refractivity contribution in [1.82, 2.24) is 10.3 Å². The van der Waals surface area contributed by atoms with Crippen molar-refractivity contribution in [2.45, 2.75) is 32.4 Å². The fourth-order valence-corrected chi connectivity index (χ4v) is 2.99. The van der Waals surface area contributed by atoms with Crippen LogP contribution >= 0.6 is 0 Å². The van der Waals surface area contributed by atoms with Gasteiger partial charge in [-0.3, -0.25) is 4.98 Å². The van der Waals surface area contributed by atoms with Crippen molar-refractivity contribution in [1.29, 1.82) is 0 Å². The Hall–Kier alpha value is -2.07. The summed E-state index contributed by atoms with van der Waals surface area (Å²) in [5.74, 6) is 0.896. The Labute approximate surface area is 138 Å². The van der Waals surface area contributed by atoms with Crippen molar-refractivity contribution in [3.63, 3.8) is 0 Å². The van der Waals surface area contributed by atoms with Crippen LogP contribution in [0, 0.1) is 0 Å². The third-order valence-corrected chi connectivity index (χ3v) is 4.32. The molecule has 1 N–H and O–H groups in total. The lowest BCUT2D eigenvalue weighted by molar-refractivity contribution is 0.414. The minimum atomic E-state index is 0.834. The van der Waals surface area contributed by atoms with Crippen LogP contribution in [0.15, 0.2) is 42.7 Å². The number of nitrogens with one attached hydrogen (secondary N) is 1. The molecule has 1 aromatic carbocycles. The second-order valence-corrected chi connectivity index (χ2v) is 6.05. The second-order valence-electron chi connectivity index (χ2n) is 6.05. The van der Waals surface area contributed by atoms with Gasteiger partial charge in [-0.05, 0) is 48.6 Å². The Morgan fingerprint density at radius 3 is 2.48 bits per heavy atom. The number of aromatic nitrogens is 1. The molecule has 0 spiro atoms. The average molecular weight is 311 g/mol. The number of anilines is 1. The van der Waals surface area contributed by atoms with E-state index in [1.54, 1.807) is 7.11 Å². The maximum Gasteiger partial charge on any atom is 0.118 e. The Morgan fingerprint density at radius 1 is 1.00 bits per heavy atom. The van der Waals surface area contributed by atoms with Gasteiger partial charge < -0.3 is 15.0 Å². The quantitative estimate of drug-likeness (QED) is 0.887. The van der Waals surface area contributed by atoms with E-state index in [-0.39, 0.29) is 0 Å². The van der Waals surface area contributed by atoms with E-state index in [2.05, 4.69) is 33.4 Å². The normalized spacial score (nSPS) is 14.7. The number of hydrogen-bond donors (Lipinski definition) is 1. The van der Waals surface area contributed by atoms with E-state index in [0.29, 0.717) is 0 Å². The lowest BCUT2D eigenvalue weighted by atomic mass is 10.1. The Bertz CT molecular complexity index is 606. The standard InChI is InChI=1S/C19H25N3O/c1-23-19-7-5-16(6-8-19)12-20-13-17-11-18(15-21-14-17)22-9-3-2-4-10-22/h5-8,11,14-15,20H,2-4,9-10,12-13H2,1H3.